The summed E-state index contributed by atoms with van der Waals surface area (Å²) in [6, 6.07) is 0. The summed E-state index contributed by atoms with van der Waals surface area (Å²) >= 11 is 0. The lowest BCUT2D eigenvalue weighted by atomic mass is 9.33. The van der Waals surface area contributed by atoms with Crippen LogP contribution in [0.3, 0.4) is 0 Å². The van der Waals surface area contributed by atoms with E-state index in [1.807, 2.05) is 0 Å². The van der Waals surface area contributed by atoms with Gasteiger partial charge in [0.1, 0.15) is 23.7 Å². The number of ether oxygens (including phenoxy) is 1. The number of hydrogen-bond acceptors (Lipinski definition) is 9. The molecule has 250 valence electrons. The molecule has 9 heteroatoms. The van der Waals surface area contributed by atoms with Gasteiger partial charge in [-0.3, -0.25) is 4.89 Å². The van der Waals surface area contributed by atoms with E-state index in [2.05, 4.69) is 54.5 Å². The molecule has 1 saturated heterocycles. The minimum atomic E-state index is -1.49. The zero-order valence-corrected chi connectivity index (χ0v) is 27.7. The molecule has 0 aromatic heterocycles. The van der Waals surface area contributed by atoms with Gasteiger partial charge in [0.15, 0.2) is 0 Å². The van der Waals surface area contributed by atoms with Crippen LogP contribution in [0.2, 0.25) is 0 Å². The molecule has 5 fully saturated rings. The molecule has 9 nitrogen and oxygen atoms in total. The highest BCUT2D eigenvalue weighted by atomic mass is 17.2. The number of fused-ring (bicyclic) bond motifs is 7. The van der Waals surface area contributed by atoms with Crippen molar-refractivity contribution in [3.8, 4) is 0 Å². The second kappa shape index (κ2) is 10.5. The normalized spacial score (nSPS) is 52.5. The average molecular weight is 621 g/mol. The van der Waals surface area contributed by atoms with Crippen molar-refractivity contribution in [2.45, 2.75) is 143 Å². The van der Waals surface area contributed by atoms with Gasteiger partial charge in [0.25, 0.3) is 0 Å². The number of allylic oxidation sites excluding steroid dienone is 2. The van der Waals surface area contributed by atoms with E-state index in [9.17, 15) is 30.3 Å². The van der Waals surface area contributed by atoms with Crippen molar-refractivity contribution in [1.29, 1.82) is 0 Å². The Morgan fingerprint density at radius 1 is 0.886 bits per heavy atom. The summed E-state index contributed by atoms with van der Waals surface area (Å²) in [5.74, 6) is -0.0973. The predicted octanol–water partition coefficient (Wildman–Crippen LogP) is 4.03. The summed E-state index contributed by atoms with van der Waals surface area (Å²) in [4.78, 5) is 24.9. The summed E-state index contributed by atoms with van der Waals surface area (Å²) in [6.07, 6.45) is 2.94. The van der Waals surface area contributed by atoms with Crippen LogP contribution in [-0.4, -0.2) is 74.9 Å². The van der Waals surface area contributed by atoms with Gasteiger partial charge in [-0.2, -0.15) is 0 Å². The number of rotatable bonds is 4. The maximum Gasteiger partial charge on any atom is 0.351 e. The molecule has 0 amide bonds. The molecule has 0 spiro atoms. The zero-order valence-electron chi connectivity index (χ0n) is 27.7. The molecule has 0 aromatic rings. The largest absolute Gasteiger partial charge is 0.394 e. The first kappa shape index (κ1) is 32.9. The molecule has 5 N–H and O–H groups in total. The molecule has 6 aliphatic rings. The molecule has 13 atom stereocenters. The summed E-state index contributed by atoms with van der Waals surface area (Å²) in [7, 11) is 0. The third-order valence-electron chi connectivity index (χ3n) is 14.8. The van der Waals surface area contributed by atoms with E-state index < -0.39 is 48.7 Å². The molecule has 5 aliphatic carbocycles. The lowest BCUT2D eigenvalue weighted by molar-refractivity contribution is -0.368. The van der Waals surface area contributed by atoms with E-state index in [1.54, 1.807) is 0 Å². The van der Waals surface area contributed by atoms with Crippen LogP contribution in [0.1, 0.15) is 106 Å². The third-order valence-corrected chi connectivity index (χ3v) is 14.8. The van der Waals surface area contributed by atoms with Crippen LogP contribution in [0.25, 0.3) is 0 Å². The lowest BCUT2D eigenvalue weighted by Gasteiger charge is -2.71. The van der Waals surface area contributed by atoms with Crippen LogP contribution in [0.15, 0.2) is 11.6 Å². The van der Waals surface area contributed by atoms with Crippen LogP contribution in [0.4, 0.5) is 0 Å². The van der Waals surface area contributed by atoms with E-state index in [0.717, 1.165) is 44.9 Å². The van der Waals surface area contributed by atoms with Crippen molar-refractivity contribution in [2.75, 3.05) is 6.61 Å². The van der Waals surface area contributed by atoms with Gasteiger partial charge in [-0.25, -0.2) is 4.79 Å². The highest BCUT2D eigenvalue weighted by molar-refractivity contribution is 5.79. The monoisotopic (exact) mass is 620 g/mol. The SMILES string of the molecule is CC1(C)CC[C@]2(C(=O)OO[C@@H]3O[C@H](CO)[C@H](O)[C@H]3O)[C@H](O)C[C@]3(C)C(=CC[C@@H]4[C@@]5(C)CC[C@H](O)C(C)(C)C5CC[C@]43C)[C@H]2C1. The lowest BCUT2D eigenvalue weighted by Crippen LogP contribution is -2.67. The fraction of sp³-hybridized carbons (Fsp3) is 0.914. The first-order valence-electron chi connectivity index (χ1n) is 17.0. The van der Waals surface area contributed by atoms with Crippen LogP contribution in [-0.2, 0) is 19.3 Å². The maximum absolute atomic E-state index is 14.1. The van der Waals surface area contributed by atoms with E-state index in [-0.39, 0.29) is 39.1 Å². The Bertz CT molecular complexity index is 1180. The van der Waals surface area contributed by atoms with Gasteiger partial charge in [0, 0.05) is 0 Å². The van der Waals surface area contributed by atoms with Crippen molar-refractivity contribution < 1.29 is 44.8 Å². The summed E-state index contributed by atoms with van der Waals surface area (Å²) in [6.45, 7) is 15.6. The standard InChI is InChI=1S/C35H56O9/c1-30(2)14-15-35(29(41)44-43-28-27(40)26(39)21(18-36)42-28)20(16-30)19-8-9-23-32(5)12-11-24(37)31(3,4)22(32)10-13-33(23,6)34(19,7)17-25(35)38/h8,20-28,36-40H,9-18H2,1-7H3/t20-,21-,22?,23-,24+,25-,26+,27-,28+,32+,33-,34-,35-/m1/s1. The summed E-state index contributed by atoms with van der Waals surface area (Å²) in [5.41, 5.74) is -0.485. The highest BCUT2D eigenvalue weighted by Crippen LogP contribution is 2.75. The van der Waals surface area contributed by atoms with Gasteiger partial charge in [-0.1, -0.05) is 60.1 Å². The summed E-state index contributed by atoms with van der Waals surface area (Å²) < 4.78 is 5.38. The number of aliphatic hydroxyl groups excluding tert-OH is 5. The Morgan fingerprint density at radius 2 is 1.59 bits per heavy atom. The van der Waals surface area contributed by atoms with E-state index in [0.29, 0.717) is 24.7 Å². The zero-order chi connectivity index (χ0) is 32.3. The molecular weight excluding hydrogens is 564 g/mol. The minimum Gasteiger partial charge on any atom is -0.394 e. The molecule has 1 aliphatic heterocycles. The Labute approximate surface area is 262 Å². The second-order valence-electron chi connectivity index (χ2n) is 17.5. The maximum atomic E-state index is 14.1. The third kappa shape index (κ3) is 4.32. The Balaban J connectivity index is 1.34. The molecular formula is C35H56O9. The van der Waals surface area contributed by atoms with Crippen molar-refractivity contribution in [2.24, 2.45) is 50.2 Å². The summed E-state index contributed by atoms with van der Waals surface area (Å²) in [5, 5.41) is 53.1. The number of carbonyl (C=O) groups excluding carboxylic acids is 1. The fourth-order valence-corrected chi connectivity index (χ4v) is 11.8. The molecule has 44 heavy (non-hydrogen) atoms. The average Bonchev–Trinajstić information content (AvgIpc) is 3.22. The van der Waals surface area contributed by atoms with Gasteiger partial charge in [-0.15, -0.1) is 4.89 Å². The molecule has 4 saturated carbocycles. The Morgan fingerprint density at radius 3 is 2.25 bits per heavy atom. The van der Waals surface area contributed by atoms with Gasteiger partial charge in [0.2, 0.25) is 6.29 Å². The molecule has 1 heterocycles. The van der Waals surface area contributed by atoms with Crippen LogP contribution in [0, 0.1) is 50.2 Å². The topological polar surface area (TPSA) is 146 Å². The predicted molar refractivity (Wildman–Crippen MR) is 161 cm³/mol. The van der Waals surface area contributed by atoms with Crippen LogP contribution >= 0.6 is 0 Å². The number of aliphatic hydroxyl groups is 5. The van der Waals surface area contributed by atoms with Gasteiger partial charge in [-0.05, 0) is 103 Å². The van der Waals surface area contributed by atoms with Crippen LogP contribution in [0.5, 0.6) is 0 Å². The van der Waals surface area contributed by atoms with Crippen molar-refractivity contribution in [3.63, 3.8) is 0 Å². The minimum absolute atomic E-state index is 0.0394. The molecule has 6 rings (SSSR count). The highest BCUT2D eigenvalue weighted by Gasteiger charge is 2.71. The smallest absolute Gasteiger partial charge is 0.351 e. The molecule has 1 unspecified atom stereocenters. The second-order valence-corrected chi connectivity index (χ2v) is 17.5. The van der Waals surface area contributed by atoms with Crippen molar-refractivity contribution >= 4 is 5.97 Å². The number of hydrogen-bond donors (Lipinski definition) is 5. The Kier molecular flexibility index (Phi) is 7.81. The van der Waals surface area contributed by atoms with Gasteiger partial charge < -0.3 is 30.3 Å². The molecule has 0 aromatic carbocycles. The van der Waals surface area contributed by atoms with Crippen molar-refractivity contribution in [3.05, 3.63) is 11.6 Å². The van der Waals surface area contributed by atoms with E-state index in [1.165, 1.54) is 5.57 Å². The van der Waals surface area contributed by atoms with Crippen molar-refractivity contribution in [1.82, 2.24) is 0 Å². The quantitative estimate of drug-likeness (QED) is 0.179. The fourth-order valence-electron chi connectivity index (χ4n) is 11.8. The molecule has 0 bridgehead atoms. The van der Waals surface area contributed by atoms with Gasteiger partial charge >= 0.3 is 5.97 Å². The number of carbonyl (C=O) groups is 1. The Hall–Kier alpha value is -1.07. The van der Waals surface area contributed by atoms with Crippen LogP contribution < -0.4 is 0 Å². The first-order valence-corrected chi connectivity index (χ1v) is 17.0. The molecule has 0 radical (unpaired) electrons. The van der Waals surface area contributed by atoms with E-state index in [4.69, 9.17) is 14.5 Å². The van der Waals surface area contributed by atoms with Gasteiger partial charge in [0.05, 0.1) is 18.8 Å². The van der Waals surface area contributed by atoms with E-state index >= 15 is 0 Å². The first-order chi connectivity index (χ1) is 20.4.